The van der Waals surface area contributed by atoms with Gasteiger partial charge in [0.1, 0.15) is 0 Å². The van der Waals surface area contributed by atoms with Gasteiger partial charge in [-0.05, 0) is 25.7 Å². The van der Waals surface area contributed by atoms with Crippen molar-refractivity contribution in [2.75, 3.05) is 6.61 Å². The first kappa shape index (κ1) is 15.2. The van der Waals surface area contributed by atoms with Gasteiger partial charge in [-0.25, -0.2) is 0 Å². The van der Waals surface area contributed by atoms with Crippen LogP contribution in [0.5, 0.6) is 0 Å². The molecule has 2 heteroatoms. The number of rotatable bonds is 10. The number of ether oxygens (including phenoxy) is 1. The van der Waals surface area contributed by atoms with Gasteiger partial charge in [0.05, 0.1) is 6.61 Å². The molecule has 0 amide bonds. The van der Waals surface area contributed by atoms with Gasteiger partial charge in [-0.15, -0.1) is 0 Å². The first-order valence-electron chi connectivity index (χ1n) is 6.55. The Labute approximate surface area is 100 Å². The van der Waals surface area contributed by atoms with Gasteiger partial charge < -0.3 is 4.74 Å². The maximum atomic E-state index is 10.5. The van der Waals surface area contributed by atoms with Crippen LogP contribution in [0.4, 0.5) is 0 Å². The van der Waals surface area contributed by atoms with E-state index in [0.717, 1.165) is 12.8 Å². The average molecular weight is 226 g/mol. The first-order chi connectivity index (χ1) is 7.77. The standard InChI is InChI=1S/C14H26O2/c1-3-4-5-6-7-8-9-10-11-12-13-16-14(2)15/h4-5H,3,6-13H2,1-2H3. The molecule has 0 saturated heterocycles. The van der Waals surface area contributed by atoms with Gasteiger partial charge in [0, 0.05) is 6.92 Å². The van der Waals surface area contributed by atoms with Gasteiger partial charge in [0.15, 0.2) is 0 Å². The topological polar surface area (TPSA) is 26.3 Å². The Morgan fingerprint density at radius 3 is 2.25 bits per heavy atom. The third kappa shape index (κ3) is 13.2. The number of esters is 1. The number of hydrogen-bond donors (Lipinski definition) is 0. The van der Waals surface area contributed by atoms with Crippen molar-refractivity contribution in [3.63, 3.8) is 0 Å². The van der Waals surface area contributed by atoms with Crippen molar-refractivity contribution >= 4 is 5.97 Å². The Morgan fingerprint density at radius 1 is 1.00 bits per heavy atom. The molecule has 0 bridgehead atoms. The Balaban J connectivity index is 2.98. The van der Waals surface area contributed by atoms with Crippen LogP contribution in [0.25, 0.3) is 0 Å². The van der Waals surface area contributed by atoms with Crippen molar-refractivity contribution in [1.29, 1.82) is 0 Å². The predicted molar refractivity (Wildman–Crippen MR) is 68.4 cm³/mol. The highest BCUT2D eigenvalue weighted by Crippen LogP contribution is 2.07. The van der Waals surface area contributed by atoms with Crippen LogP contribution < -0.4 is 0 Å². The SMILES string of the molecule is CCC=CCCCCCCCCOC(C)=O. The van der Waals surface area contributed by atoms with E-state index in [1.807, 2.05) is 0 Å². The summed E-state index contributed by atoms with van der Waals surface area (Å²) in [4.78, 5) is 10.5. The summed E-state index contributed by atoms with van der Waals surface area (Å²) in [6, 6.07) is 0. The second-order valence-electron chi connectivity index (χ2n) is 4.13. The molecule has 0 N–H and O–H groups in total. The van der Waals surface area contributed by atoms with Gasteiger partial charge in [-0.1, -0.05) is 44.8 Å². The van der Waals surface area contributed by atoms with Gasteiger partial charge >= 0.3 is 5.97 Å². The minimum atomic E-state index is -0.164. The first-order valence-corrected chi connectivity index (χ1v) is 6.55. The summed E-state index contributed by atoms with van der Waals surface area (Å²) < 4.78 is 4.87. The molecule has 16 heavy (non-hydrogen) atoms. The molecule has 0 fully saturated rings. The molecule has 0 saturated carbocycles. The van der Waals surface area contributed by atoms with Crippen LogP contribution in [-0.4, -0.2) is 12.6 Å². The van der Waals surface area contributed by atoms with E-state index in [1.54, 1.807) is 0 Å². The summed E-state index contributed by atoms with van der Waals surface area (Å²) in [5.41, 5.74) is 0. The number of carbonyl (C=O) groups excluding carboxylic acids is 1. The molecule has 0 aromatic heterocycles. The molecule has 0 spiro atoms. The Kier molecular flexibility index (Phi) is 11.7. The van der Waals surface area contributed by atoms with Crippen LogP contribution in [-0.2, 0) is 9.53 Å². The number of carbonyl (C=O) groups is 1. The normalized spacial score (nSPS) is 10.9. The highest BCUT2D eigenvalue weighted by atomic mass is 16.5. The molecule has 0 rings (SSSR count). The third-order valence-electron chi connectivity index (χ3n) is 2.47. The lowest BCUT2D eigenvalue weighted by Gasteiger charge is -2.01. The highest BCUT2D eigenvalue weighted by molar-refractivity contribution is 5.65. The van der Waals surface area contributed by atoms with E-state index >= 15 is 0 Å². The fourth-order valence-electron chi connectivity index (χ4n) is 1.57. The van der Waals surface area contributed by atoms with Crippen LogP contribution in [0.2, 0.25) is 0 Å². The molecule has 0 unspecified atom stereocenters. The second-order valence-corrected chi connectivity index (χ2v) is 4.13. The van der Waals surface area contributed by atoms with Crippen molar-refractivity contribution in [3.8, 4) is 0 Å². The molecule has 0 heterocycles. The average Bonchev–Trinajstić information content (AvgIpc) is 2.25. The predicted octanol–water partition coefficient (Wildman–Crippen LogP) is 4.25. The maximum absolute atomic E-state index is 10.5. The van der Waals surface area contributed by atoms with E-state index in [2.05, 4.69) is 19.1 Å². The van der Waals surface area contributed by atoms with E-state index in [1.165, 1.54) is 45.4 Å². The lowest BCUT2D eigenvalue weighted by atomic mass is 10.1. The minimum absolute atomic E-state index is 0.164. The summed E-state index contributed by atoms with van der Waals surface area (Å²) in [5.74, 6) is -0.164. The molecule has 0 aliphatic heterocycles. The smallest absolute Gasteiger partial charge is 0.302 e. The van der Waals surface area contributed by atoms with Crippen LogP contribution >= 0.6 is 0 Å². The fraction of sp³-hybridized carbons (Fsp3) is 0.786. The Morgan fingerprint density at radius 2 is 1.62 bits per heavy atom. The highest BCUT2D eigenvalue weighted by Gasteiger charge is 1.93. The van der Waals surface area contributed by atoms with Gasteiger partial charge in [0.25, 0.3) is 0 Å². The zero-order valence-electron chi connectivity index (χ0n) is 10.8. The van der Waals surface area contributed by atoms with Crippen molar-refractivity contribution in [3.05, 3.63) is 12.2 Å². The zero-order chi connectivity index (χ0) is 12.1. The molecular formula is C14H26O2. The minimum Gasteiger partial charge on any atom is -0.466 e. The quantitative estimate of drug-likeness (QED) is 0.316. The van der Waals surface area contributed by atoms with E-state index in [0.29, 0.717) is 6.61 Å². The van der Waals surface area contributed by atoms with Crippen LogP contribution in [0.1, 0.15) is 65.2 Å². The monoisotopic (exact) mass is 226 g/mol. The summed E-state index contributed by atoms with van der Waals surface area (Å²) in [5, 5.41) is 0. The molecule has 0 radical (unpaired) electrons. The Hall–Kier alpha value is -0.790. The lowest BCUT2D eigenvalue weighted by Crippen LogP contribution is -1.99. The number of hydrogen-bond acceptors (Lipinski definition) is 2. The molecule has 0 aromatic carbocycles. The largest absolute Gasteiger partial charge is 0.466 e. The summed E-state index contributed by atoms with van der Waals surface area (Å²) >= 11 is 0. The summed E-state index contributed by atoms with van der Waals surface area (Å²) in [7, 11) is 0. The van der Waals surface area contributed by atoms with Crippen LogP contribution in [0.15, 0.2) is 12.2 Å². The van der Waals surface area contributed by atoms with Crippen LogP contribution in [0, 0.1) is 0 Å². The second kappa shape index (κ2) is 12.3. The van der Waals surface area contributed by atoms with Gasteiger partial charge in [0.2, 0.25) is 0 Å². The molecule has 2 nitrogen and oxygen atoms in total. The molecule has 0 aromatic rings. The van der Waals surface area contributed by atoms with E-state index < -0.39 is 0 Å². The van der Waals surface area contributed by atoms with Gasteiger partial charge in [-0.2, -0.15) is 0 Å². The molecule has 0 aliphatic rings. The third-order valence-corrected chi connectivity index (χ3v) is 2.47. The van der Waals surface area contributed by atoms with Crippen molar-refractivity contribution in [2.45, 2.75) is 65.2 Å². The van der Waals surface area contributed by atoms with Crippen molar-refractivity contribution in [1.82, 2.24) is 0 Å². The lowest BCUT2D eigenvalue weighted by molar-refractivity contribution is -0.141. The van der Waals surface area contributed by atoms with Crippen LogP contribution in [0.3, 0.4) is 0 Å². The zero-order valence-corrected chi connectivity index (χ0v) is 10.8. The van der Waals surface area contributed by atoms with Crippen molar-refractivity contribution in [2.24, 2.45) is 0 Å². The van der Waals surface area contributed by atoms with Crippen molar-refractivity contribution < 1.29 is 9.53 Å². The molecule has 0 aliphatic carbocycles. The summed E-state index contributed by atoms with van der Waals surface area (Å²) in [6.07, 6.45) is 14.3. The maximum Gasteiger partial charge on any atom is 0.302 e. The number of unbranched alkanes of at least 4 members (excludes halogenated alkanes) is 6. The number of allylic oxidation sites excluding steroid dienone is 2. The molecular weight excluding hydrogens is 200 g/mol. The fourth-order valence-corrected chi connectivity index (χ4v) is 1.57. The van der Waals surface area contributed by atoms with E-state index in [-0.39, 0.29) is 5.97 Å². The Bertz CT molecular complexity index is 185. The van der Waals surface area contributed by atoms with Gasteiger partial charge in [-0.3, -0.25) is 4.79 Å². The molecule has 0 atom stereocenters. The van der Waals surface area contributed by atoms with E-state index in [4.69, 9.17) is 4.74 Å². The van der Waals surface area contributed by atoms with E-state index in [9.17, 15) is 4.79 Å². The summed E-state index contributed by atoms with van der Waals surface area (Å²) in [6.45, 7) is 4.22. The molecule has 94 valence electrons.